The number of nitrogens with zero attached hydrogens (tertiary/aromatic N) is 2. The lowest BCUT2D eigenvalue weighted by atomic mass is 10.1. The molecule has 3 rings (SSSR count). The standard InChI is InChI=1S/C25H30ClFN2O4S/c1-16-13-29(17(2)12-28(16)14-18-5-8-20(27)9-6-18)23(30)15-33-21-10-7-19(26)11-22(21)34-25(3,4)24(31)32/h5-11,16-17H,12-15H2,1-4H3,(H,31,32)/t16-,17+/m0/s1. The summed E-state index contributed by atoms with van der Waals surface area (Å²) in [7, 11) is 0. The van der Waals surface area contributed by atoms with Crippen molar-refractivity contribution in [3.05, 3.63) is 58.9 Å². The van der Waals surface area contributed by atoms with E-state index in [0.717, 1.165) is 17.3 Å². The maximum Gasteiger partial charge on any atom is 0.319 e. The fraction of sp³-hybridized carbons (Fsp3) is 0.440. The molecule has 1 amide bonds. The number of carboxylic acid groups (broad SMARTS) is 1. The molecule has 6 nitrogen and oxygen atoms in total. The summed E-state index contributed by atoms with van der Waals surface area (Å²) in [5.74, 6) is -0.924. The van der Waals surface area contributed by atoms with Crippen molar-refractivity contribution in [2.45, 2.75) is 56.0 Å². The van der Waals surface area contributed by atoms with Gasteiger partial charge in [0.15, 0.2) is 6.61 Å². The van der Waals surface area contributed by atoms with Crippen molar-refractivity contribution in [3.63, 3.8) is 0 Å². The van der Waals surface area contributed by atoms with E-state index in [9.17, 15) is 19.1 Å². The van der Waals surface area contributed by atoms with E-state index in [4.69, 9.17) is 16.3 Å². The zero-order valence-electron chi connectivity index (χ0n) is 19.8. The maximum atomic E-state index is 13.2. The number of amides is 1. The molecule has 1 aliphatic heterocycles. The van der Waals surface area contributed by atoms with Crippen LogP contribution >= 0.6 is 23.4 Å². The number of ether oxygens (including phenoxy) is 1. The minimum Gasteiger partial charge on any atom is -0.483 e. The number of thioether (sulfide) groups is 1. The number of rotatable bonds is 8. The van der Waals surface area contributed by atoms with Crippen LogP contribution in [0, 0.1) is 5.82 Å². The van der Waals surface area contributed by atoms with Crippen LogP contribution in [0.3, 0.4) is 0 Å². The van der Waals surface area contributed by atoms with Gasteiger partial charge in [-0.05, 0) is 63.6 Å². The van der Waals surface area contributed by atoms with Crippen LogP contribution in [-0.4, -0.2) is 63.3 Å². The molecule has 0 bridgehead atoms. The predicted octanol–water partition coefficient (Wildman–Crippen LogP) is 4.93. The molecule has 1 fully saturated rings. The fourth-order valence-corrected chi connectivity index (χ4v) is 5.10. The second-order valence-corrected chi connectivity index (χ2v) is 11.2. The number of carbonyl (C=O) groups excluding carboxylic acids is 1. The van der Waals surface area contributed by atoms with Gasteiger partial charge in [-0.2, -0.15) is 0 Å². The van der Waals surface area contributed by atoms with Crippen molar-refractivity contribution in [2.24, 2.45) is 0 Å². The second kappa shape index (κ2) is 11.0. The summed E-state index contributed by atoms with van der Waals surface area (Å²) in [4.78, 5) is 29.2. The Morgan fingerprint density at radius 1 is 1.15 bits per heavy atom. The molecule has 1 aliphatic rings. The van der Waals surface area contributed by atoms with Gasteiger partial charge in [0.05, 0.1) is 4.90 Å². The molecule has 2 atom stereocenters. The summed E-state index contributed by atoms with van der Waals surface area (Å²) >= 11 is 7.23. The Hall–Kier alpha value is -2.29. The molecule has 0 aromatic heterocycles. The summed E-state index contributed by atoms with van der Waals surface area (Å²) in [5, 5.41) is 9.92. The molecule has 0 spiro atoms. The molecule has 0 radical (unpaired) electrons. The minimum atomic E-state index is -1.09. The van der Waals surface area contributed by atoms with Crippen molar-refractivity contribution in [1.29, 1.82) is 0 Å². The normalized spacial score (nSPS) is 19.2. The van der Waals surface area contributed by atoms with E-state index in [1.54, 1.807) is 44.2 Å². The van der Waals surface area contributed by atoms with E-state index in [1.165, 1.54) is 12.1 Å². The van der Waals surface area contributed by atoms with E-state index in [-0.39, 0.29) is 30.4 Å². The number of benzene rings is 2. The lowest BCUT2D eigenvalue weighted by molar-refractivity contribution is -0.140. The molecular weight excluding hydrogens is 479 g/mol. The van der Waals surface area contributed by atoms with Crippen LogP contribution in [0.5, 0.6) is 5.75 Å². The number of hydrogen-bond acceptors (Lipinski definition) is 5. The minimum absolute atomic E-state index is 0.0160. The summed E-state index contributed by atoms with van der Waals surface area (Å²) in [6.07, 6.45) is 0. The zero-order chi connectivity index (χ0) is 25.0. The summed E-state index contributed by atoms with van der Waals surface area (Å²) in [6.45, 7) is 9.05. The van der Waals surface area contributed by atoms with E-state index in [2.05, 4.69) is 11.8 Å². The molecule has 1 N–H and O–H groups in total. The van der Waals surface area contributed by atoms with Crippen molar-refractivity contribution < 1.29 is 23.8 Å². The van der Waals surface area contributed by atoms with Crippen LogP contribution < -0.4 is 4.74 Å². The third-order valence-corrected chi connectivity index (χ3v) is 7.33. The van der Waals surface area contributed by atoms with Gasteiger partial charge < -0.3 is 14.7 Å². The highest BCUT2D eigenvalue weighted by atomic mass is 35.5. The zero-order valence-corrected chi connectivity index (χ0v) is 21.3. The molecule has 1 saturated heterocycles. The summed E-state index contributed by atoms with van der Waals surface area (Å²) in [6, 6.07) is 11.6. The highest BCUT2D eigenvalue weighted by molar-refractivity contribution is 8.01. The first-order valence-corrected chi connectivity index (χ1v) is 12.3. The van der Waals surface area contributed by atoms with Crippen molar-refractivity contribution in [2.75, 3.05) is 19.7 Å². The number of aliphatic carboxylic acids is 1. The summed E-state index contributed by atoms with van der Waals surface area (Å²) in [5.41, 5.74) is 1.03. The maximum absolute atomic E-state index is 13.2. The van der Waals surface area contributed by atoms with E-state index >= 15 is 0 Å². The van der Waals surface area contributed by atoms with Crippen LogP contribution in [0.15, 0.2) is 47.4 Å². The fourth-order valence-electron chi connectivity index (χ4n) is 3.81. The Kier molecular flexibility index (Phi) is 8.49. The molecule has 34 heavy (non-hydrogen) atoms. The topological polar surface area (TPSA) is 70.1 Å². The van der Waals surface area contributed by atoms with E-state index in [0.29, 0.717) is 35.3 Å². The first kappa shape index (κ1) is 26.3. The molecule has 1 heterocycles. The molecular formula is C25H30ClFN2O4S. The highest BCUT2D eigenvalue weighted by Gasteiger charge is 2.33. The number of piperazine rings is 1. The van der Waals surface area contributed by atoms with Crippen LogP contribution in [0.25, 0.3) is 0 Å². The Morgan fingerprint density at radius 3 is 2.47 bits per heavy atom. The lowest BCUT2D eigenvalue weighted by Gasteiger charge is -2.44. The molecule has 0 saturated carbocycles. The Balaban J connectivity index is 1.62. The van der Waals surface area contributed by atoms with Gasteiger partial charge in [0.1, 0.15) is 16.3 Å². The molecule has 0 unspecified atom stereocenters. The first-order valence-electron chi connectivity index (χ1n) is 11.1. The van der Waals surface area contributed by atoms with Gasteiger partial charge >= 0.3 is 5.97 Å². The van der Waals surface area contributed by atoms with E-state index in [1.807, 2.05) is 11.8 Å². The third-order valence-electron chi connectivity index (χ3n) is 5.87. The van der Waals surface area contributed by atoms with Gasteiger partial charge in [-0.3, -0.25) is 14.5 Å². The van der Waals surface area contributed by atoms with Crippen LogP contribution in [0.4, 0.5) is 4.39 Å². The Morgan fingerprint density at radius 2 is 1.82 bits per heavy atom. The van der Waals surface area contributed by atoms with Gasteiger partial charge in [-0.1, -0.05) is 23.7 Å². The van der Waals surface area contributed by atoms with Gasteiger partial charge in [-0.15, -0.1) is 11.8 Å². The van der Waals surface area contributed by atoms with Crippen LogP contribution in [0.2, 0.25) is 5.02 Å². The van der Waals surface area contributed by atoms with Gasteiger partial charge in [0, 0.05) is 36.7 Å². The predicted molar refractivity (Wildman–Crippen MR) is 132 cm³/mol. The lowest BCUT2D eigenvalue weighted by Crippen LogP contribution is -2.58. The molecule has 184 valence electrons. The van der Waals surface area contributed by atoms with Gasteiger partial charge in [0.25, 0.3) is 5.91 Å². The average Bonchev–Trinajstić information content (AvgIpc) is 2.76. The molecule has 2 aromatic carbocycles. The van der Waals surface area contributed by atoms with Crippen molar-refractivity contribution in [3.8, 4) is 5.75 Å². The molecule has 0 aliphatic carbocycles. The number of hydrogen-bond donors (Lipinski definition) is 1. The number of carboxylic acids is 1. The van der Waals surface area contributed by atoms with E-state index < -0.39 is 10.7 Å². The van der Waals surface area contributed by atoms with Gasteiger partial charge in [0.2, 0.25) is 0 Å². The largest absolute Gasteiger partial charge is 0.483 e. The Labute approximate surface area is 209 Å². The monoisotopic (exact) mass is 508 g/mol. The number of carbonyl (C=O) groups is 2. The third kappa shape index (κ3) is 6.64. The second-order valence-electron chi connectivity index (χ2n) is 9.10. The SMILES string of the molecule is C[C@@H]1CN(Cc2ccc(F)cc2)[C@@H](C)CN1C(=O)COc1ccc(Cl)cc1SC(C)(C)C(=O)O. The smallest absolute Gasteiger partial charge is 0.319 e. The quantitative estimate of drug-likeness (QED) is 0.510. The Bertz CT molecular complexity index is 1030. The summed E-state index contributed by atoms with van der Waals surface area (Å²) < 4.78 is 17.9. The number of halogens is 2. The first-order chi connectivity index (χ1) is 16.0. The molecule has 2 aromatic rings. The average molecular weight is 509 g/mol. The highest BCUT2D eigenvalue weighted by Crippen LogP contribution is 2.40. The van der Waals surface area contributed by atoms with Crippen LogP contribution in [0.1, 0.15) is 33.3 Å². The van der Waals surface area contributed by atoms with Crippen molar-refractivity contribution in [1.82, 2.24) is 9.80 Å². The van der Waals surface area contributed by atoms with Crippen molar-refractivity contribution >= 4 is 35.2 Å². The van der Waals surface area contributed by atoms with Gasteiger partial charge in [-0.25, -0.2) is 4.39 Å². The van der Waals surface area contributed by atoms with Crippen LogP contribution in [-0.2, 0) is 16.1 Å². The molecule has 9 heteroatoms.